The zero-order valence-corrected chi connectivity index (χ0v) is 16.1. The van der Waals surface area contributed by atoms with E-state index in [1.807, 2.05) is 50.2 Å². The minimum Gasteiger partial charge on any atom is -0.494 e. The Morgan fingerprint density at radius 2 is 1.76 bits per heavy atom. The zero-order valence-electron chi connectivity index (χ0n) is 15.2. The van der Waals surface area contributed by atoms with E-state index in [1.54, 1.807) is 6.92 Å². The smallest absolute Gasteiger partial charge is 0.147 e. The molecular formula is C20H26O4S. The molecule has 5 heteroatoms. The molecule has 0 aliphatic rings. The van der Waals surface area contributed by atoms with Gasteiger partial charge in [0.25, 0.3) is 0 Å². The van der Waals surface area contributed by atoms with Gasteiger partial charge in [-0.3, -0.25) is 0 Å². The highest BCUT2D eigenvalue weighted by molar-refractivity contribution is 7.90. The first-order valence-corrected chi connectivity index (χ1v) is 10.4. The maximum Gasteiger partial charge on any atom is 0.147 e. The fraction of sp³-hybridized carbons (Fsp3) is 0.400. The quantitative estimate of drug-likeness (QED) is 0.760. The molecule has 0 bridgehead atoms. The van der Waals surface area contributed by atoms with E-state index < -0.39 is 15.9 Å². The van der Waals surface area contributed by atoms with Crippen LogP contribution < -0.4 is 4.74 Å². The zero-order chi connectivity index (χ0) is 18.6. The van der Waals surface area contributed by atoms with Gasteiger partial charge in [0.2, 0.25) is 0 Å². The van der Waals surface area contributed by atoms with Gasteiger partial charge in [0.15, 0.2) is 0 Å². The third kappa shape index (κ3) is 5.58. The van der Waals surface area contributed by atoms with E-state index in [1.165, 1.54) is 6.26 Å². The summed E-state index contributed by atoms with van der Waals surface area (Å²) in [5.74, 6) is 0.883. The monoisotopic (exact) mass is 362 g/mol. The topological polar surface area (TPSA) is 63.6 Å². The molecule has 1 N–H and O–H groups in total. The summed E-state index contributed by atoms with van der Waals surface area (Å²) in [4.78, 5) is 0. The molecule has 0 saturated carbocycles. The van der Waals surface area contributed by atoms with Crippen molar-refractivity contribution in [3.05, 3.63) is 53.1 Å². The largest absolute Gasteiger partial charge is 0.494 e. The van der Waals surface area contributed by atoms with Crippen LogP contribution in [0.1, 0.15) is 36.1 Å². The van der Waals surface area contributed by atoms with E-state index >= 15 is 0 Å². The molecule has 2 rings (SSSR count). The molecule has 0 aliphatic heterocycles. The van der Waals surface area contributed by atoms with Crippen LogP contribution in [0.2, 0.25) is 0 Å². The molecule has 0 aromatic heterocycles. The number of rotatable bonds is 7. The second-order valence-electron chi connectivity index (χ2n) is 6.57. The van der Waals surface area contributed by atoms with Crippen molar-refractivity contribution in [2.75, 3.05) is 18.6 Å². The highest BCUT2D eigenvalue weighted by Crippen LogP contribution is 2.32. The highest BCUT2D eigenvalue weighted by Gasteiger charge is 2.11. The molecule has 2 aromatic rings. The number of benzene rings is 2. The summed E-state index contributed by atoms with van der Waals surface area (Å²) in [6, 6.07) is 11.8. The van der Waals surface area contributed by atoms with Gasteiger partial charge < -0.3 is 9.84 Å². The lowest BCUT2D eigenvalue weighted by Crippen LogP contribution is -2.08. The number of ether oxygens (including phenoxy) is 1. The van der Waals surface area contributed by atoms with Crippen molar-refractivity contribution in [1.29, 1.82) is 0 Å². The average molecular weight is 362 g/mol. The number of hydrogen-bond donors (Lipinski definition) is 1. The molecule has 0 saturated heterocycles. The second kappa shape index (κ2) is 8.02. The van der Waals surface area contributed by atoms with E-state index in [4.69, 9.17) is 4.74 Å². The number of hydrogen-bond acceptors (Lipinski definition) is 4. The highest BCUT2D eigenvalue weighted by atomic mass is 32.2. The van der Waals surface area contributed by atoms with Crippen LogP contribution in [0.3, 0.4) is 0 Å². The second-order valence-corrected chi connectivity index (χ2v) is 8.83. The van der Waals surface area contributed by atoms with Crippen molar-refractivity contribution in [3.8, 4) is 16.9 Å². The Hall–Kier alpha value is -1.85. The van der Waals surface area contributed by atoms with E-state index in [0.717, 1.165) is 33.6 Å². The van der Waals surface area contributed by atoms with E-state index in [-0.39, 0.29) is 5.75 Å². The summed E-state index contributed by atoms with van der Waals surface area (Å²) in [6.45, 7) is 6.19. The molecule has 0 heterocycles. The van der Waals surface area contributed by atoms with Crippen LogP contribution in [0.15, 0.2) is 36.4 Å². The van der Waals surface area contributed by atoms with Crippen molar-refractivity contribution in [3.63, 3.8) is 0 Å². The minimum atomic E-state index is -2.95. The summed E-state index contributed by atoms with van der Waals surface area (Å²) >= 11 is 0. The van der Waals surface area contributed by atoms with Gasteiger partial charge in [-0.15, -0.1) is 0 Å². The van der Waals surface area contributed by atoms with Crippen LogP contribution >= 0.6 is 0 Å². The Bertz CT molecular complexity index is 816. The lowest BCUT2D eigenvalue weighted by atomic mass is 9.93. The van der Waals surface area contributed by atoms with E-state index in [0.29, 0.717) is 13.0 Å². The normalized spacial score (nSPS) is 12.8. The molecule has 0 radical (unpaired) electrons. The molecule has 25 heavy (non-hydrogen) atoms. The molecule has 0 unspecified atom stereocenters. The first-order valence-electron chi connectivity index (χ1n) is 8.37. The Labute approximate surface area is 150 Å². The Morgan fingerprint density at radius 3 is 2.32 bits per heavy atom. The van der Waals surface area contributed by atoms with E-state index in [2.05, 4.69) is 0 Å². The van der Waals surface area contributed by atoms with Gasteiger partial charge in [0.1, 0.15) is 15.6 Å². The van der Waals surface area contributed by atoms with Crippen LogP contribution in [-0.4, -0.2) is 32.1 Å². The predicted molar refractivity (Wildman–Crippen MR) is 102 cm³/mol. The molecule has 0 amide bonds. The summed E-state index contributed by atoms with van der Waals surface area (Å²) < 4.78 is 28.0. The number of sulfone groups is 1. The molecule has 136 valence electrons. The van der Waals surface area contributed by atoms with E-state index in [9.17, 15) is 13.5 Å². The number of aryl methyl sites for hydroxylation is 2. The first kappa shape index (κ1) is 19.5. The van der Waals surface area contributed by atoms with Crippen molar-refractivity contribution in [2.45, 2.75) is 33.3 Å². The standard InChI is InChI=1S/C20H26O4S/c1-14-11-19(24-9-6-10-25(4,22)23)12-15(2)20(14)18-8-5-7-17(13-18)16(3)21/h5,7-8,11-13,16,21H,6,9-10H2,1-4H3/t16-/m0/s1. The predicted octanol–water partition coefficient (Wildman–Crippen LogP) is 3.84. The first-order chi connectivity index (χ1) is 11.7. The summed E-state index contributed by atoms with van der Waals surface area (Å²) in [5.41, 5.74) is 5.25. The summed E-state index contributed by atoms with van der Waals surface area (Å²) in [5, 5.41) is 9.79. The van der Waals surface area contributed by atoms with Crippen molar-refractivity contribution in [2.24, 2.45) is 0 Å². The third-order valence-corrected chi connectivity index (χ3v) is 5.12. The SMILES string of the molecule is Cc1cc(OCCCS(C)(=O)=O)cc(C)c1-c1cccc([C@H](C)O)c1. The van der Waals surface area contributed by atoms with Gasteiger partial charge in [0.05, 0.1) is 18.5 Å². The Morgan fingerprint density at radius 1 is 1.12 bits per heavy atom. The maximum absolute atomic E-state index is 11.2. The summed E-state index contributed by atoms with van der Waals surface area (Å²) in [6.07, 6.45) is 1.21. The van der Waals surface area contributed by atoms with Crippen molar-refractivity contribution < 1.29 is 18.3 Å². The van der Waals surface area contributed by atoms with Crippen LogP contribution in [0.4, 0.5) is 0 Å². The van der Waals surface area contributed by atoms with Gasteiger partial charge in [-0.2, -0.15) is 0 Å². The Balaban J connectivity index is 2.19. The Kier molecular flexibility index (Phi) is 6.25. The number of aliphatic hydroxyl groups excluding tert-OH is 1. The minimum absolute atomic E-state index is 0.134. The van der Waals surface area contributed by atoms with Gasteiger partial charge in [-0.25, -0.2) is 8.42 Å². The molecule has 2 aromatic carbocycles. The van der Waals surface area contributed by atoms with Gasteiger partial charge >= 0.3 is 0 Å². The molecular weight excluding hydrogens is 336 g/mol. The average Bonchev–Trinajstić information content (AvgIpc) is 2.50. The van der Waals surface area contributed by atoms with Crippen molar-refractivity contribution >= 4 is 9.84 Å². The fourth-order valence-electron chi connectivity index (χ4n) is 2.93. The van der Waals surface area contributed by atoms with Crippen molar-refractivity contribution in [1.82, 2.24) is 0 Å². The van der Waals surface area contributed by atoms with Crippen LogP contribution in [0, 0.1) is 13.8 Å². The fourth-order valence-corrected chi connectivity index (χ4v) is 3.57. The molecule has 0 fully saturated rings. The summed E-state index contributed by atoms with van der Waals surface area (Å²) in [7, 11) is -2.95. The molecule has 0 spiro atoms. The van der Waals surface area contributed by atoms with Gasteiger partial charge in [0, 0.05) is 6.26 Å². The molecule has 1 atom stereocenters. The van der Waals surface area contributed by atoms with Crippen LogP contribution in [-0.2, 0) is 9.84 Å². The van der Waals surface area contributed by atoms with Gasteiger partial charge in [-0.05, 0) is 73.2 Å². The lowest BCUT2D eigenvalue weighted by molar-refractivity contribution is 0.199. The molecule has 4 nitrogen and oxygen atoms in total. The van der Waals surface area contributed by atoms with Gasteiger partial charge in [-0.1, -0.05) is 18.2 Å². The van der Waals surface area contributed by atoms with Crippen LogP contribution in [0.5, 0.6) is 5.75 Å². The third-order valence-electron chi connectivity index (χ3n) is 4.09. The van der Waals surface area contributed by atoms with Crippen LogP contribution in [0.25, 0.3) is 11.1 Å². The maximum atomic E-state index is 11.2. The molecule has 0 aliphatic carbocycles. The lowest BCUT2D eigenvalue weighted by Gasteiger charge is -2.15. The number of aliphatic hydroxyl groups is 1.